The number of rotatable bonds is 14. The Morgan fingerprint density at radius 3 is 2.47 bits per heavy atom. The molecule has 0 spiro atoms. The van der Waals surface area contributed by atoms with E-state index in [1.165, 1.54) is 36.4 Å². The van der Waals surface area contributed by atoms with Crippen LogP contribution in [0.5, 0.6) is 11.5 Å². The zero-order valence-corrected chi connectivity index (χ0v) is 25.7. The average Bonchev–Trinajstić information content (AvgIpc) is 3.41. The van der Waals surface area contributed by atoms with E-state index in [1.54, 1.807) is 0 Å². The Bertz CT molecular complexity index is 1820. The molecule has 0 aliphatic carbocycles. The summed E-state index contributed by atoms with van der Waals surface area (Å²) in [6.07, 6.45) is 5.06. The molecule has 5 rings (SSSR count). The van der Waals surface area contributed by atoms with Crippen molar-refractivity contribution in [1.29, 1.82) is 10.5 Å². The lowest BCUT2D eigenvalue weighted by Crippen LogP contribution is -2.38. The number of aryl methyl sites for hydroxylation is 1. The Hall–Kier alpha value is -5.07. The Morgan fingerprint density at radius 1 is 0.957 bits per heavy atom. The van der Waals surface area contributed by atoms with Crippen LogP contribution in [-0.4, -0.2) is 44.7 Å². The van der Waals surface area contributed by atoms with Crippen LogP contribution in [0.25, 0.3) is 11.0 Å². The molecule has 1 N–H and O–H groups in total. The van der Waals surface area contributed by atoms with Crippen LogP contribution < -0.4 is 9.47 Å². The molecule has 9 nitrogen and oxygen atoms in total. The zero-order chi connectivity index (χ0) is 33.3. The van der Waals surface area contributed by atoms with E-state index in [9.17, 15) is 23.1 Å². The number of imidazole rings is 1. The number of aromatic nitrogens is 2. The molecule has 1 fully saturated rings. The van der Waals surface area contributed by atoms with Gasteiger partial charge >= 0.3 is 5.97 Å². The fraction of sp³-hybridized carbons (Fsp3) is 0.371. The molecule has 0 atom stereocenters. The van der Waals surface area contributed by atoms with Crippen molar-refractivity contribution in [3.63, 3.8) is 0 Å². The molecule has 0 unspecified atom stereocenters. The van der Waals surface area contributed by atoms with Crippen molar-refractivity contribution in [2.24, 2.45) is 0 Å². The maximum atomic E-state index is 14.9. The third-order valence-corrected chi connectivity index (χ3v) is 8.22. The van der Waals surface area contributed by atoms with Crippen LogP contribution >= 0.6 is 0 Å². The number of hydrogen-bond acceptors (Lipinski definition) is 7. The molecule has 3 aromatic carbocycles. The summed E-state index contributed by atoms with van der Waals surface area (Å²) in [5.74, 6) is -2.12. The minimum atomic E-state index is -1.21. The van der Waals surface area contributed by atoms with Crippen molar-refractivity contribution >= 4 is 17.0 Å². The van der Waals surface area contributed by atoms with Gasteiger partial charge in [0.05, 0.1) is 35.3 Å². The average molecular weight is 646 g/mol. The van der Waals surface area contributed by atoms with E-state index >= 15 is 0 Å². The van der Waals surface area contributed by atoms with E-state index in [0.29, 0.717) is 62.5 Å². The molecule has 2 heterocycles. The first kappa shape index (κ1) is 33.3. The Labute approximate surface area is 270 Å². The smallest absolute Gasteiger partial charge is 0.335 e. The second-order valence-electron chi connectivity index (χ2n) is 11.5. The first-order chi connectivity index (χ1) is 22.7. The molecule has 1 saturated heterocycles. The molecule has 0 radical (unpaired) electrons. The maximum absolute atomic E-state index is 14.9. The highest BCUT2D eigenvalue weighted by Crippen LogP contribution is 2.29. The van der Waals surface area contributed by atoms with Gasteiger partial charge in [-0.15, -0.1) is 0 Å². The van der Waals surface area contributed by atoms with Gasteiger partial charge in [0.1, 0.15) is 35.6 Å². The second kappa shape index (κ2) is 15.5. The van der Waals surface area contributed by atoms with Gasteiger partial charge in [-0.25, -0.2) is 22.9 Å². The van der Waals surface area contributed by atoms with Crippen LogP contribution in [0.15, 0.2) is 48.5 Å². The minimum Gasteiger partial charge on any atom is -0.490 e. The molecule has 0 amide bonds. The van der Waals surface area contributed by atoms with Gasteiger partial charge in [0.2, 0.25) is 0 Å². The number of carboxylic acids is 1. The van der Waals surface area contributed by atoms with E-state index in [1.807, 2.05) is 10.6 Å². The van der Waals surface area contributed by atoms with Crippen LogP contribution in [0, 0.1) is 40.1 Å². The van der Waals surface area contributed by atoms with Gasteiger partial charge in [0.15, 0.2) is 17.4 Å². The van der Waals surface area contributed by atoms with Gasteiger partial charge in [-0.05, 0) is 62.1 Å². The predicted octanol–water partition coefficient (Wildman–Crippen LogP) is 7.12. The van der Waals surface area contributed by atoms with E-state index < -0.39 is 23.4 Å². The number of carboxylic acid groups (broad SMARTS) is 1. The number of halogens is 3. The van der Waals surface area contributed by atoms with Gasteiger partial charge < -0.3 is 19.1 Å². The number of nitrogens with zero attached hydrogens (tertiary/aromatic N) is 5. The van der Waals surface area contributed by atoms with Crippen LogP contribution in [0.1, 0.15) is 72.3 Å². The molecule has 1 aliphatic rings. The molecule has 12 heteroatoms. The summed E-state index contributed by atoms with van der Waals surface area (Å²) in [6.45, 7) is 2.09. The Balaban J connectivity index is 1.21. The van der Waals surface area contributed by atoms with Crippen molar-refractivity contribution in [2.75, 3.05) is 13.1 Å². The largest absolute Gasteiger partial charge is 0.490 e. The third kappa shape index (κ3) is 8.40. The molecular formula is C35H34F3N5O4. The zero-order valence-electron chi connectivity index (χ0n) is 25.7. The van der Waals surface area contributed by atoms with Crippen molar-refractivity contribution in [3.8, 4) is 23.6 Å². The van der Waals surface area contributed by atoms with Crippen LogP contribution in [-0.2, 0) is 19.7 Å². The lowest BCUT2D eigenvalue weighted by atomic mass is 10.1. The number of nitriles is 2. The highest BCUT2D eigenvalue weighted by Gasteiger charge is 2.24. The maximum Gasteiger partial charge on any atom is 0.335 e. The van der Waals surface area contributed by atoms with Crippen LogP contribution in [0.3, 0.4) is 0 Å². The van der Waals surface area contributed by atoms with Gasteiger partial charge in [-0.2, -0.15) is 10.5 Å². The number of piperidine rings is 1. The lowest BCUT2D eigenvalue weighted by Gasteiger charge is -2.32. The number of carbonyl (C=O) groups is 1. The fourth-order valence-corrected chi connectivity index (χ4v) is 5.69. The molecule has 47 heavy (non-hydrogen) atoms. The van der Waals surface area contributed by atoms with Crippen molar-refractivity contribution in [2.45, 2.75) is 70.7 Å². The Kier molecular flexibility index (Phi) is 11.0. The van der Waals surface area contributed by atoms with Crippen molar-refractivity contribution < 1.29 is 32.5 Å². The molecule has 1 aromatic heterocycles. The summed E-state index contributed by atoms with van der Waals surface area (Å²) in [7, 11) is 0. The summed E-state index contributed by atoms with van der Waals surface area (Å²) in [6, 6.07) is 14.6. The standard InChI is InChI=1S/C35H34F3N5O4/c36-28-9-8-27(19-32(28)46-22-24-7-6-23(20-40)16-29(24)37)47-26-10-14-42(15-11-26)21-33-41-34-30(38)17-25(35(44)45)18-31(34)43(33)13-5-3-1-2-4-12-39/h6-9,16-19,26H,1-5,10-11,13-15,21-22H2,(H,44,45). The van der Waals surface area contributed by atoms with E-state index in [2.05, 4.69) is 16.0 Å². The Morgan fingerprint density at radius 2 is 1.74 bits per heavy atom. The molecule has 4 aromatic rings. The van der Waals surface area contributed by atoms with Gasteiger partial charge in [-0.1, -0.05) is 18.9 Å². The van der Waals surface area contributed by atoms with Gasteiger partial charge in [0.25, 0.3) is 0 Å². The summed E-state index contributed by atoms with van der Waals surface area (Å²) >= 11 is 0. The number of ether oxygens (including phenoxy) is 2. The first-order valence-corrected chi connectivity index (χ1v) is 15.5. The SMILES string of the molecule is N#CCCCCCCn1c(CN2CCC(Oc3ccc(F)c(OCc4ccc(C#N)cc4F)c3)CC2)nc2c(F)cc(C(=O)O)cc21. The van der Waals surface area contributed by atoms with E-state index in [-0.39, 0.29) is 40.7 Å². The van der Waals surface area contributed by atoms with Crippen LogP contribution in [0.2, 0.25) is 0 Å². The van der Waals surface area contributed by atoms with Crippen molar-refractivity contribution in [3.05, 3.63) is 88.5 Å². The van der Waals surface area contributed by atoms with Gasteiger partial charge in [0, 0.05) is 37.7 Å². The molecule has 244 valence electrons. The first-order valence-electron chi connectivity index (χ1n) is 15.5. The summed E-state index contributed by atoms with van der Waals surface area (Å²) in [5, 5.41) is 27.2. The fourth-order valence-electron chi connectivity index (χ4n) is 5.69. The number of likely N-dealkylation sites (tertiary alicyclic amines) is 1. The monoisotopic (exact) mass is 645 g/mol. The molecule has 0 saturated carbocycles. The van der Waals surface area contributed by atoms with Crippen molar-refractivity contribution in [1.82, 2.24) is 14.5 Å². The van der Waals surface area contributed by atoms with E-state index in [4.69, 9.17) is 20.0 Å². The highest BCUT2D eigenvalue weighted by molar-refractivity contribution is 5.92. The topological polar surface area (TPSA) is 124 Å². The molecule has 0 bridgehead atoms. The predicted molar refractivity (Wildman–Crippen MR) is 166 cm³/mol. The molecular weight excluding hydrogens is 611 g/mol. The summed E-state index contributed by atoms with van der Waals surface area (Å²) in [5.41, 5.74) is 0.828. The quantitative estimate of drug-likeness (QED) is 0.144. The summed E-state index contributed by atoms with van der Waals surface area (Å²) in [4.78, 5) is 18.4. The normalized spacial score (nSPS) is 13.7. The number of benzene rings is 3. The number of aromatic carboxylic acids is 1. The van der Waals surface area contributed by atoms with Gasteiger partial charge in [-0.3, -0.25) is 4.90 Å². The second-order valence-corrected chi connectivity index (χ2v) is 11.5. The lowest BCUT2D eigenvalue weighted by molar-refractivity contribution is 0.0696. The number of hydrogen-bond donors (Lipinski definition) is 1. The number of fused-ring (bicyclic) bond motifs is 1. The summed E-state index contributed by atoms with van der Waals surface area (Å²) < 4.78 is 57.2. The third-order valence-electron chi connectivity index (χ3n) is 8.22. The molecule has 1 aliphatic heterocycles. The van der Waals surface area contributed by atoms with E-state index in [0.717, 1.165) is 37.8 Å². The van der Waals surface area contributed by atoms with Crippen LogP contribution in [0.4, 0.5) is 13.2 Å². The number of unbranched alkanes of at least 4 members (excludes halogenated alkanes) is 4. The minimum absolute atomic E-state index is 0.0778. The highest BCUT2D eigenvalue weighted by atomic mass is 19.1.